The Bertz CT molecular complexity index is 603. The number of fused-ring (bicyclic) bond motifs is 1. The molecule has 2 aromatic rings. The number of carbonyl (C=O) groups excluding carboxylic acids is 1. The van der Waals surface area contributed by atoms with Crippen molar-refractivity contribution in [1.29, 1.82) is 0 Å². The van der Waals surface area contributed by atoms with Gasteiger partial charge in [-0.1, -0.05) is 19.9 Å². The molecule has 1 aromatic carbocycles. The van der Waals surface area contributed by atoms with Crippen LogP contribution in [-0.4, -0.2) is 59.6 Å². The Labute approximate surface area is 125 Å². The van der Waals surface area contributed by atoms with Crippen LogP contribution >= 0.6 is 0 Å². The van der Waals surface area contributed by atoms with Crippen LogP contribution < -0.4 is 0 Å². The highest BCUT2D eigenvalue weighted by atomic mass is 16.2. The summed E-state index contributed by atoms with van der Waals surface area (Å²) < 4.78 is 0. The van der Waals surface area contributed by atoms with Crippen LogP contribution in [0.1, 0.15) is 24.2 Å². The van der Waals surface area contributed by atoms with Gasteiger partial charge >= 0.3 is 0 Å². The highest BCUT2D eigenvalue weighted by Gasteiger charge is 2.17. The first kappa shape index (κ1) is 15.5. The number of amides is 1. The number of aromatic amines is 1. The third kappa shape index (κ3) is 4.04. The second-order valence-electron chi connectivity index (χ2n) is 6.12. The smallest absolute Gasteiger partial charge is 0.253 e. The minimum atomic E-state index is 0.0852. The van der Waals surface area contributed by atoms with Gasteiger partial charge in [0.1, 0.15) is 0 Å². The largest absolute Gasteiger partial charge is 0.337 e. The summed E-state index contributed by atoms with van der Waals surface area (Å²) in [5, 5.41) is 7.94. The molecule has 21 heavy (non-hydrogen) atoms. The lowest BCUT2D eigenvalue weighted by Gasteiger charge is -2.26. The molecule has 0 bridgehead atoms. The molecule has 0 radical (unpaired) electrons. The van der Waals surface area contributed by atoms with E-state index in [0.717, 1.165) is 30.5 Å². The molecule has 5 heteroatoms. The van der Waals surface area contributed by atoms with Gasteiger partial charge in [-0.3, -0.25) is 9.89 Å². The molecular weight excluding hydrogens is 264 g/mol. The molecular formula is C16H24N4O. The number of hydrogen-bond donors (Lipinski definition) is 1. The van der Waals surface area contributed by atoms with Crippen molar-refractivity contribution in [1.82, 2.24) is 20.0 Å². The van der Waals surface area contributed by atoms with E-state index in [-0.39, 0.29) is 5.91 Å². The number of rotatable bonds is 6. The molecule has 114 valence electrons. The zero-order valence-electron chi connectivity index (χ0n) is 13.3. The molecule has 1 amide bonds. The second kappa shape index (κ2) is 6.72. The van der Waals surface area contributed by atoms with Gasteiger partial charge in [0, 0.05) is 30.6 Å². The van der Waals surface area contributed by atoms with Gasteiger partial charge in [-0.2, -0.15) is 5.10 Å². The van der Waals surface area contributed by atoms with E-state index in [2.05, 4.69) is 28.9 Å². The molecule has 0 aliphatic carbocycles. The minimum Gasteiger partial charge on any atom is -0.337 e. The van der Waals surface area contributed by atoms with Crippen molar-refractivity contribution < 1.29 is 4.79 Å². The Balaban J connectivity index is 2.18. The van der Waals surface area contributed by atoms with E-state index in [4.69, 9.17) is 0 Å². The van der Waals surface area contributed by atoms with Crippen LogP contribution in [0.3, 0.4) is 0 Å². The molecule has 0 spiro atoms. The summed E-state index contributed by atoms with van der Waals surface area (Å²) in [6.07, 6.45) is 1.77. The van der Waals surface area contributed by atoms with E-state index < -0.39 is 0 Å². The fraction of sp³-hybridized carbons (Fsp3) is 0.500. The molecule has 1 aromatic heterocycles. The molecule has 0 saturated heterocycles. The molecule has 0 fully saturated rings. The highest BCUT2D eigenvalue weighted by molar-refractivity contribution is 5.97. The Morgan fingerprint density at radius 3 is 2.71 bits per heavy atom. The number of carbonyl (C=O) groups is 1. The maximum atomic E-state index is 12.7. The zero-order chi connectivity index (χ0) is 15.4. The molecule has 0 aliphatic heterocycles. The predicted octanol–water partition coefficient (Wildman–Crippen LogP) is 2.22. The Hall–Kier alpha value is -1.88. The number of benzene rings is 1. The summed E-state index contributed by atoms with van der Waals surface area (Å²) >= 11 is 0. The molecule has 0 saturated carbocycles. The predicted molar refractivity (Wildman–Crippen MR) is 85.4 cm³/mol. The van der Waals surface area contributed by atoms with Gasteiger partial charge in [-0.05, 0) is 32.1 Å². The summed E-state index contributed by atoms with van der Waals surface area (Å²) in [5.41, 5.74) is 1.61. The first-order valence-corrected chi connectivity index (χ1v) is 7.34. The molecule has 0 unspecified atom stereocenters. The van der Waals surface area contributed by atoms with Gasteiger partial charge in [0.2, 0.25) is 0 Å². The van der Waals surface area contributed by atoms with Gasteiger partial charge in [-0.25, -0.2) is 0 Å². The van der Waals surface area contributed by atoms with Crippen molar-refractivity contribution >= 4 is 16.8 Å². The monoisotopic (exact) mass is 288 g/mol. The van der Waals surface area contributed by atoms with Gasteiger partial charge < -0.3 is 9.80 Å². The van der Waals surface area contributed by atoms with Crippen LogP contribution in [-0.2, 0) is 0 Å². The zero-order valence-corrected chi connectivity index (χ0v) is 13.3. The molecule has 0 atom stereocenters. The van der Waals surface area contributed by atoms with Crippen molar-refractivity contribution in [3.63, 3.8) is 0 Å². The van der Waals surface area contributed by atoms with E-state index >= 15 is 0 Å². The first-order valence-electron chi connectivity index (χ1n) is 7.34. The lowest BCUT2D eigenvalue weighted by Crippen LogP contribution is -2.39. The van der Waals surface area contributed by atoms with E-state index in [0.29, 0.717) is 11.5 Å². The van der Waals surface area contributed by atoms with Crippen molar-refractivity contribution in [3.05, 3.63) is 30.0 Å². The molecule has 5 nitrogen and oxygen atoms in total. The maximum Gasteiger partial charge on any atom is 0.253 e. The molecule has 1 N–H and O–H groups in total. The van der Waals surface area contributed by atoms with E-state index in [1.165, 1.54) is 0 Å². The van der Waals surface area contributed by atoms with Gasteiger partial charge in [0.15, 0.2) is 0 Å². The lowest BCUT2D eigenvalue weighted by atomic mass is 10.1. The summed E-state index contributed by atoms with van der Waals surface area (Å²) in [4.78, 5) is 16.8. The maximum absolute atomic E-state index is 12.7. The molecule has 0 aliphatic rings. The van der Waals surface area contributed by atoms with Crippen LogP contribution in [0.15, 0.2) is 24.4 Å². The number of likely N-dealkylation sites (N-methyl/N-ethyl adjacent to an activating group) is 1. The van der Waals surface area contributed by atoms with E-state index in [1.54, 1.807) is 6.20 Å². The normalized spacial score (nSPS) is 11.5. The highest BCUT2D eigenvalue weighted by Crippen LogP contribution is 2.15. The summed E-state index contributed by atoms with van der Waals surface area (Å²) in [6, 6.07) is 5.70. The van der Waals surface area contributed by atoms with Crippen molar-refractivity contribution in [2.45, 2.75) is 13.8 Å². The number of aromatic nitrogens is 2. The average Bonchev–Trinajstić information content (AvgIpc) is 2.89. The standard InChI is InChI=1S/C16H24N4O/c1-12(2)11-20(8-7-19(3)4)16(21)13-5-6-14-10-17-18-15(14)9-13/h5-6,9-10,12H,7-8,11H2,1-4H3,(H,17,18). The van der Waals surface area contributed by atoms with Crippen molar-refractivity contribution in [2.24, 2.45) is 5.92 Å². The summed E-state index contributed by atoms with van der Waals surface area (Å²) in [7, 11) is 4.05. The topological polar surface area (TPSA) is 52.2 Å². The summed E-state index contributed by atoms with van der Waals surface area (Å²) in [5.74, 6) is 0.536. The Morgan fingerprint density at radius 1 is 1.29 bits per heavy atom. The Morgan fingerprint density at radius 2 is 2.05 bits per heavy atom. The minimum absolute atomic E-state index is 0.0852. The second-order valence-corrected chi connectivity index (χ2v) is 6.12. The molecule has 1 heterocycles. The molecule has 2 rings (SSSR count). The fourth-order valence-electron chi connectivity index (χ4n) is 2.29. The third-order valence-electron chi connectivity index (χ3n) is 3.38. The number of nitrogens with one attached hydrogen (secondary N) is 1. The van der Waals surface area contributed by atoms with Gasteiger partial charge in [0.05, 0.1) is 11.7 Å². The summed E-state index contributed by atoms with van der Waals surface area (Å²) in [6.45, 7) is 6.64. The van der Waals surface area contributed by atoms with Crippen molar-refractivity contribution in [3.8, 4) is 0 Å². The van der Waals surface area contributed by atoms with Crippen molar-refractivity contribution in [2.75, 3.05) is 33.7 Å². The number of hydrogen-bond acceptors (Lipinski definition) is 3. The average molecular weight is 288 g/mol. The SMILES string of the molecule is CC(C)CN(CCN(C)C)C(=O)c1ccc2cn[nH]c2c1. The van der Waals surface area contributed by atoms with Gasteiger partial charge in [-0.15, -0.1) is 0 Å². The van der Waals surface area contributed by atoms with Crippen LogP contribution in [0.25, 0.3) is 10.9 Å². The fourth-order valence-corrected chi connectivity index (χ4v) is 2.29. The lowest BCUT2D eigenvalue weighted by molar-refractivity contribution is 0.0725. The van der Waals surface area contributed by atoms with Crippen LogP contribution in [0.5, 0.6) is 0 Å². The first-order chi connectivity index (χ1) is 9.97. The van der Waals surface area contributed by atoms with Crippen LogP contribution in [0, 0.1) is 5.92 Å². The Kier molecular flexibility index (Phi) is 4.96. The van der Waals surface area contributed by atoms with Gasteiger partial charge in [0.25, 0.3) is 5.91 Å². The van der Waals surface area contributed by atoms with Crippen LogP contribution in [0.2, 0.25) is 0 Å². The number of nitrogens with zero attached hydrogens (tertiary/aromatic N) is 3. The third-order valence-corrected chi connectivity index (χ3v) is 3.38. The van der Waals surface area contributed by atoms with Crippen LogP contribution in [0.4, 0.5) is 0 Å². The quantitative estimate of drug-likeness (QED) is 0.887. The van der Waals surface area contributed by atoms with E-state index in [9.17, 15) is 4.79 Å². The van der Waals surface area contributed by atoms with E-state index in [1.807, 2.05) is 37.2 Å². The number of H-pyrrole nitrogens is 1.